The molecule has 1 aliphatic heterocycles. The first kappa shape index (κ1) is 17.1. The molecule has 5 nitrogen and oxygen atoms in total. The van der Waals surface area contributed by atoms with Crippen LogP contribution in [0, 0.1) is 0 Å². The molecular formula is C17H19NO4S. The molecule has 0 radical (unpaired) electrons. The minimum Gasteiger partial charge on any atom is -0.480 e. The Kier molecular flexibility index (Phi) is 5.15. The second kappa shape index (κ2) is 6.91. The van der Waals surface area contributed by atoms with Gasteiger partial charge in [0.1, 0.15) is 4.75 Å². The molecule has 2 heterocycles. The lowest BCUT2D eigenvalue weighted by molar-refractivity contribution is -0.138. The van der Waals surface area contributed by atoms with Gasteiger partial charge in [0.25, 0.3) is 0 Å². The van der Waals surface area contributed by atoms with E-state index in [-0.39, 0.29) is 6.79 Å². The predicted octanol–water partition coefficient (Wildman–Crippen LogP) is 3.84. The van der Waals surface area contributed by atoms with Gasteiger partial charge in [-0.05, 0) is 38.5 Å². The number of rotatable bonds is 5. The van der Waals surface area contributed by atoms with Gasteiger partial charge in [0, 0.05) is 22.9 Å². The van der Waals surface area contributed by atoms with Gasteiger partial charge in [-0.3, -0.25) is 9.78 Å². The van der Waals surface area contributed by atoms with E-state index in [1.165, 1.54) is 11.8 Å². The maximum absolute atomic E-state index is 11.4. The molecule has 0 spiro atoms. The predicted molar refractivity (Wildman–Crippen MR) is 89.7 cm³/mol. The largest absolute Gasteiger partial charge is 0.480 e. The van der Waals surface area contributed by atoms with Crippen LogP contribution < -0.4 is 0 Å². The first-order chi connectivity index (χ1) is 10.8. The summed E-state index contributed by atoms with van der Waals surface area (Å²) in [6, 6.07) is 1.81. The third-order valence-electron chi connectivity index (χ3n) is 3.29. The van der Waals surface area contributed by atoms with Crippen molar-refractivity contribution in [1.82, 2.24) is 4.98 Å². The van der Waals surface area contributed by atoms with Crippen molar-refractivity contribution in [1.29, 1.82) is 0 Å². The number of hydrogen-bond acceptors (Lipinski definition) is 5. The third kappa shape index (κ3) is 3.96. The molecule has 0 amide bonds. The molecule has 0 saturated carbocycles. The lowest BCUT2D eigenvalue weighted by Gasteiger charge is -2.20. The molecule has 1 aromatic heterocycles. The summed E-state index contributed by atoms with van der Waals surface area (Å²) in [6.45, 7) is 9.18. The van der Waals surface area contributed by atoms with Gasteiger partial charge in [-0.15, -0.1) is 11.8 Å². The number of carboxylic acid groups (broad SMARTS) is 1. The molecule has 1 aliphatic rings. The van der Waals surface area contributed by atoms with Gasteiger partial charge in [-0.2, -0.15) is 0 Å². The van der Waals surface area contributed by atoms with E-state index >= 15 is 0 Å². The fourth-order valence-electron chi connectivity index (χ4n) is 1.90. The summed E-state index contributed by atoms with van der Waals surface area (Å²) in [5, 5.41) is 9.34. The molecule has 0 bridgehead atoms. The van der Waals surface area contributed by atoms with Crippen LogP contribution >= 0.6 is 11.8 Å². The van der Waals surface area contributed by atoms with E-state index in [1.54, 1.807) is 26.2 Å². The van der Waals surface area contributed by atoms with Crippen LogP contribution in [-0.2, 0) is 14.3 Å². The van der Waals surface area contributed by atoms with Crippen molar-refractivity contribution in [2.45, 2.75) is 30.4 Å². The Morgan fingerprint density at radius 2 is 2.22 bits per heavy atom. The van der Waals surface area contributed by atoms with Gasteiger partial charge in [0.05, 0.1) is 0 Å². The van der Waals surface area contributed by atoms with Crippen molar-refractivity contribution >= 4 is 23.3 Å². The van der Waals surface area contributed by atoms with Gasteiger partial charge in [0.2, 0.25) is 6.79 Å². The van der Waals surface area contributed by atoms with Crippen molar-refractivity contribution in [3.05, 3.63) is 54.3 Å². The van der Waals surface area contributed by atoms with Crippen LogP contribution in [0.15, 0.2) is 53.6 Å². The highest BCUT2D eigenvalue weighted by Gasteiger charge is 2.29. The normalized spacial score (nSPS) is 17.1. The van der Waals surface area contributed by atoms with E-state index < -0.39 is 10.7 Å². The standard InChI is InChI=1S/C17H19NO4S/c1-5-12(8-14-11(2)21-10-22-14)13-9-18-7-6-15(13)23-17(3,4)16(19)20/h5-9H,2,10H2,1,3-4H3,(H,19,20)/b12-5+,14-8+. The van der Waals surface area contributed by atoms with Gasteiger partial charge < -0.3 is 14.6 Å². The van der Waals surface area contributed by atoms with E-state index in [4.69, 9.17) is 9.47 Å². The number of ether oxygens (including phenoxy) is 2. The van der Waals surface area contributed by atoms with Crippen LogP contribution in [-0.4, -0.2) is 27.6 Å². The van der Waals surface area contributed by atoms with Crippen molar-refractivity contribution < 1.29 is 19.4 Å². The van der Waals surface area contributed by atoms with Crippen LogP contribution in [0.5, 0.6) is 0 Å². The third-order valence-corrected chi connectivity index (χ3v) is 4.55. The fraction of sp³-hybridized carbons (Fsp3) is 0.294. The summed E-state index contributed by atoms with van der Waals surface area (Å²) in [7, 11) is 0. The number of aromatic nitrogens is 1. The van der Waals surface area contributed by atoms with Gasteiger partial charge in [-0.1, -0.05) is 12.7 Å². The Balaban J connectivity index is 2.39. The van der Waals surface area contributed by atoms with Crippen molar-refractivity contribution in [2.24, 2.45) is 0 Å². The van der Waals surface area contributed by atoms with Crippen molar-refractivity contribution in [3.63, 3.8) is 0 Å². The smallest absolute Gasteiger partial charge is 0.319 e. The molecule has 0 aliphatic carbocycles. The summed E-state index contributed by atoms with van der Waals surface area (Å²) in [6.07, 6.45) is 7.10. The summed E-state index contributed by atoms with van der Waals surface area (Å²) >= 11 is 1.28. The second-order valence-corrected chi connectivity index (χ2v) is 7.04. The fourth-order valence-corrected chi connectivity index (χ4v) is 2.95. The lowest BCUT2D eigenvalue weighted by atomic mass is 10.1. The molecule has 1 aromatic rings. The molecule has 0 unspecified atom stereocenters. The van der Waals surface area contributed by atoms with Crippen molar-refractivity contribution in [2.75, 3.05) is 6.79 Å². The quantitative estimate of drug-likeness (QED) is 0.826. The average molecular weight is 333 g/mol. The maximum atomic E-state index is 11.4. The molecular weight excluding hydrogens is 314 g/mol. The minimum atomic E-state index is -0.946. The van der Waals surface area contributed by atoms with E-state index in [2.05, 4.69) is 11.6 Å². The summed E-state index contributed by atoms with van der Waals surface area (Å²) < 4.78 is 9.61. The molecule has 0 atom stereocenters. The summed E-state index contributed by atoms with van der Waals surface area (Å²) in [5.41, 5.74) is 1.70. The topological polar surface area (TPSA) is 68.7 Å². The van der Waals surface area contributed by atoms with Crippen LogP contribution in [0.4, 0.5) is 0 Å². The van der Waals surface area contributed by atoms with Crippen molar-refractivity contribution in [3.8, 4) is 0 Å². The highest BCUT2D eigenvalue weighted by atomic mass is 32.2. The zero-order valence-electron chi connectivity index (χ0n) is 13.3. The molecule has 0 aromatic carbocycles. The van der Waals surface area contributed by atoms with Crippen LogP contribution in [0.1, 0.15) is 26.3 Å². The molecule has 2 rings (SSSR count). The molecule has 1 saturated heterocycles. The minimum absolute atomic E-state index is 0.155. The average Bonchev–Trinajstić information content (AvgIpc) is 2.90. The number of thioether (sulfide) groups is 1. The number of carbonyl (C=O) groups is 1. The SMILES string of the molecule is C=C1OCO/C1=C/C(=C\C)c1cnccc1SC(C)(C)C(=O)O. The number of pyridine rings is 1. The monoisotopic (exact) mass is 333 g/mol. The number of nitrogens with zero attached hydrogens (tertiary/aromatic N) is 1. The summed E-state index contributed by atoms with van der Waals surface area (Å²) in [5.74, 6) is 0.176. The highest BCUT2D eigenvalue weighted by molar-refractivity contribution is 8.01. The second-order valence-electron chi connectivity index (χ2n) is 5.37. The van der Waals surface area contributed by atoms with E-state index in [0.29, 0.717) is 11.5 Å². The Morgan fingerprint density at radius 1 is 1.48 bits per heavy atom. The first-order valence-electron chi connectivity index (χ1n) is 7.05. The van der Waals surface area contributed by atoms with Gasteiger partial charge in [-0.25, -0.2) is 0 Å². The molecule has 1 N–H and O–H groups in total. The molecule has 122 valence electrons. The Bertz CT molecular complexity index is 692. The Hall–Kier alpha value is -2.21. The maximum Gasteiger partial charge on any atom is 0.319 e. The zero-order chi connectivity index (χ0) is 17.0. The van der Waals surface area contributed by atoms with Crippen LogP contribution in [0.25, 0.3) is 5.57 Å². The highest BCUT2D eigenvalue weighted by Crippen LogP contribution is 2.37. The lowest BCUT2D eigenvalue weighted by Crippen LogP contribution is -2.27. The van der Waals surface area contributed by atoms with Crippen LogP contribution in [0.2, 0.25) is 0 Å². The van der Waals surface area contributed by atoms with Gasteiger partial charge >= 0.3 is 5.97 Å². The molecule has 1 fully saturated rings. The molecule has 23 heavy (non-hydrogen) atoms. The number of hydrogen-bond donors (Lipinski definition) is 1. The first-order valence-corrected chi connectivity index (χ1v) is 7.86. The van der Waals surface area contributed by atoms with E-state index in [9.17, 15) is 9.90 Å². The molecule has 6 heteroatoms. The zero-order valence-corrected chi connectivity index (χ0v) is 14.1. The number of allylic oxidation sites excluding steroid dienone is 3. The number of carboxylic acids is 1. The van der Waals surface area contributed by atoms with E-state index in [1.807, 2.05) is 25.1 Å². The van der Waals surface area contributed by atoms with Gasteiger partial charge in [0.15, 0.2) is 11.5 Å². The van der Waals surface area contributed by atoms with Crippen LogP contribution in [0.3, 0.4) is 0 Å². The number of aliphatic carboxylic acids is 1. The Labute approximate surface area is 139 Å². The Morgan fingerprint density at radius 3 is 2.78 bits per heavy atom. The van der Waals surface area contributed by atoms with E-state index in [0.717, 1.165) is 16.0 Å². The summed E-state index contributed by atoms with van der Waals surface area (Å²) in [4.78, 5) is 16.4.